The van der Waals surface area contributed by atoms with Gasteiger partial charge >= 0.3 is 12.0 Å². The third-order valence-electron chi connectivity index (χ3n) is 4.40. The zero-order chi connectivity index (χ0) is 23.6. The number of amides is 4. The molecule has 1 fully saturated rings. The standard InChI is InChI=1S/C21H15Br2ClN2O6/c1-10-5-12(3-4-14(10)22)26-20(29)13(19(28)25-21(26)30)6-11-7-15(23)18(16(24)8-11)32-9-17(27)31-2/h3-8H,9H2,1-2H3,(H,25,28,30)/b13-6+. The molecule has 0 aromatic heterocycles. The minimum atomic E-state index is -0.843. The summed E-state index contributed by atoms with van der Waals surface area (Å²) < 4.78 is 11.1. The molecule has 1 N–H and O–H groups in total. The second kappa shape index (κ2) is 9.85. The lowest BCUT2D eigenvalue weighted by Gasteiger charge is -2.26. The molecule has 1 aliphatic rings. The SMILES string of the molecule is COC(=O)COc1c(Cl)cc(/C=C2\C(=O)NC(=O)N(c3ccc(Br)c(C)c3)C2=O)cc1Br. The van der Waals surface area contributed by atoms with E-state index < -0.39 is 23.8 Å². The monoisotopic (exact) mass is 584 g/mol. The molecule has 0 atom stereocenters. The average Bonchev–Trinajstić information content (AvgIpc) is 2.72. The van der Waals surface area contributed by atoms with Crippen molar-refractivity contribution in [3.63, 3.8) is 0 Å². The van der Waals surface area contributed by atoms with Crippen molar-refractivity contribution in [3.8, 4) is 5.75 Å². The van der Waals surface area contributed by atoms with Crippen LogP contribution in [0.1, 0.15) is 11.1 Å². The summed E-state index contributed by atoms with van der Waals surface area (Å²) in [4.78, 5) is 50.0. The summed E-state index contributed by atoms with van der Waals surface area (Å²) in [5.74, 6) is -2.00. The van der Waals surface area contributed by atoms with Crippen LogP contribution < -0.4 is 15.0 Å². The topological polar surface area (TPSA) is 102 Å². The maximum absolute atomic E-state index is 13.0. The molecule has 32 heavy (non-hydrogen) atoms. The number of hydrogen-bond donors (Lipinski definition) is 1. The predicted octanol–water partition coefficient (Wildman–Crippen LogP) is 4.39. The van der Waals surface area contributed by atoms with Gasteiger partial charge < -0.3 is 9.47 Å². The molecule has 1 saturated heterocycles. The highest BCUT2D eigenvalue weighted by Gasteiger charge is 2.37. The Balaban J connectivity index is 1.95. The van der Waals surface area contributed by atoms with Crippen LogP contribution in [0.4, 0.5) is 10.5 Å². The normalized spacial score (nSPS) is 15.1. The number of rotatable bonds is 5. The molecular formula is C21H15Br2ClN2O6. The Hall–Kier alpha value is -2.69. The Morgan fingerprint density at radius 2 is 1.88 bits per heavy atom. The van der Waals surface area contributed by atoms with Crippen molar-refractivity contribution in [3.05, 3.63) is 61.0 Å². The van der Waals surface area contributed by atoms with Crippen molar-refractivity contribution in [2.75, 3.05) is 18.6 Å². The largest absolute Gasteiger partial charge is 0.479 e. The molecule has 4 amide bonds. The first-order valence-corrected chi connectivity index (χ1v) is 10.9. The van der Waals surface area contributed by atoms with Crippen LogP contribution in [0.5, 0.6) is 5.75 Å². The van der Waals surface area contributed by atoms with E-state index in [2.05, 4.69) is 41.9 Å². The fraction of sp³-hybridized carbons (Fsp3) is 0.143. The summed E-state index contributed by atoms with van der Waals surface area (Å²) in [5.41, 5.74) is 1.27. The van der Waals surface area contributed by atoms with Gasteiger partial charge in [-0.3, -0.25) is 14.9 Å². The van der Waals surface area contributed by atoms with E-state index in [1.165, 1.54) is 19.3 Å². The number of benzene rings is 2. The van der Waals surface area contributed by atoms with Crippen LogP contribution in [0.15, 0.2) is 44.9 Å². The Bertz CT molecular complexity index is 1160. The van der Waals surface area contributed by atoms with Gasteiger partial charge in [-0.15, -0.1) is 0 Å². The van der Waals surface area contributed by atoms with Crippen LogP contribution in [0, 0.1) is 6.92 Å². The van der Waals surface area contributed by atoms with E-state index in [0.717, 1.165) is 14.9 Å². The van der Waals surface area contributed by atoms with Gasteiger partial charge in [0.2, 0.25) is 0 Å². The van der Waals surface area contributed by atoms with E-state index in [-0.39, 0.29) is 23.0 Å². The second-order valence-corrected chi connectivity index (χ2v) is 8.69. The number of anilines is 1. The Morgan fingerprint density at radius 3 is 2.50 bits per heavy atom. The number of carbonyl (C=O) groups excluding carboxylic acids is 4. The molecule has 2 aromatic carbocycles. The molecule has 11 heteroatoms. The fourth-order valence-electron chi connectivity index (χ4n) is 2.82. The summed E-state index contributed by atoms with van der Waals surface area (Å²) in [7, 11) is 1.23. The number of imide groups is 2. The van der Waals surface area contributed by atoms with Crippen molar-refractivity contribution in [2.24, 2.45) is 0 Å². The molecular weight excluding hydrogens is 572 g/mol. The zero-order valence-corrected chi connectivity index (χ0v) is 20.6. The van der Waals surface area contributed by atoms with Gasteiger partial charge in [0.25, 0.3) is 11.8 Å². The van der Waals surface area contributed by atoms with Gasteiger partial charge in [0.1, 0.15) is 5.57 Å². The number of carbonyl (C=O) groups is 4. The first-order valence-electron chi connectivity index (χ1n) is 8.98. The Labute approximate surface area is 204 Å². The van der Waals surface area contributed by atoms with Crippen LogP contribution in [0.2, 0.25) is 5.02 Å². The van der Waals surface area contributed by atoms with Crippen molar-refractivity contribution in [1.29, 1.82) is 0 Å². The second-order valence-electron chi connectivity index (χ2n) is 6.57. The first-order chi connectivity index (χ1) is 15.1. The van der Waals surface area contributed by atoms with Gasteiger partial charge in [-0.2, -0.15) is 0 Å². The summed E-state index contributed by atoms with van der Waals surface area (Å²) >= 11 is 12.9. The lowest BCUT2D eigenvalue weighted by molar-refractivity contribution is -0.143. The number of esters is 1. The number of nitrogens with one attached hydrogen (secondary N) is 1. The number of barbiturate groups is 1. The summed E-state index contributed by atoms with van der Waals surface area (Å²) in [6.07, 6.45) is 1.31. The van der Waals surface area contributed by atoms with E-state index in [9.17, 15) is 19.2 Å². The molecule has 166 valence electrons. The van der Waals surface area contributed by atoms with Gasteiger partial charge in [0.05, 0.1) is 22.3 Å². The molecule has 2 aromatic rings. The number of aryl methyl sites for hydroxylation is 1. The van der Waals surface area contributed by atoms with Crippen LogP contribution >= 0.6 is 43.5 Å². The maximum Gasteiger partial charge on any atom is 0.343 e. The number of ether oxygens (including phenoxy) is 2. The molecule has 0 unspecified atom stereocenters. The fourth-order valence-corrected chi connectivity index (χ4v) is 4.05. The molecule has 0 radical (unpaired) electrons. The first kappa shape index (κ1) is 24.0. The lowest BCUT2D eigenvalue weighted by atomic mass is 10.1. The zero-order valence-electron chi connectivity index (χ0n) is 16.7. The van der Waals surface area contributed by atoms with E-state index >= 15 is 0 Å². The minimum Gasteiger partial charge on any atom is -0.479 e. The highest BCUT2D eigenvalue weighted by Crippen LogP contribution is 2.35. The predicted molar refractivity (Wildman–Crippen MR) is 125 cm³/mol. The number of hydrogen-bond acceptors (Lipinski definition) is 6. The van der Waals surface area contributed by atoms with Crippen molar-refractivity contribution >= 4 is 79.0 Å². The smallest absolute Gasteiger partial charge is 0.343 e. The molecule has 0 bridgehead atoms. The third kappa shape index (κ3) is 5.03. The Kier molecular flexibility index (Phi) is 7.37. The molecule has 1 aliphatic heterocycles. The van der Waals surface area contributed by atoms with E-state index in [0.29, 0.717) is 15.7 Å². The van der Waals surface area contributed by atoms with Crippen LogP contribution in [-0.2, 0) is 19.1 Å². The van der Waals surface area contributed by atoms with Gasteiger partial charge in [-0.05, 0) is 70.4 Å². The van der Waals surface area contributed by atoms with Crippen LogP contribution in [-0.4, -0.2) is 37.5 Å². The van der Waals surface area contributed by atoms with E-state index in [4.69, 9.17) is 16.3 Å². The Morgan fingerprint density at radius 1 is 1.16 bits per heavy atom. The maximum atomic E-state index is 13.0. The highest BCUT2D eigenvalue weighted by molar-refractivity contribution is 9.10. The number of nitrogens with zero attached hydrogens (tertiary/aromatic N) is 1. The molecule has 0 aliphatic carbocycles. The lowest BCUT2D eigenvalue weighted by Crippen LogP contribution is -2.54. The third-order valence-corrected chi connectivity index (χ3v) is 6.15. The minimum absolute atomic E-state index is 0.135. The van der Waals surface area contributed by atoms with E-state index in [1.54, 1.807) is 24.3 Å². The highest BCUT2D eigenvalue weighted by atomic mass is 79.9. The van der Waals surface area contributed by atoms with Crippen molar-refractivity contribution < 1.29 is 28.7 Å². The van der Waals surface area contributed by atoms with Crippen LogP contribution in [0.3, 0.4) is 0 Å². The van der Waals surface area contributed by atoms with E-state index in [1.807, 2.05) is 6.92 Å². The quantitative estimate of drug-likeness (QED) is 0.317. The molecule has 0 spiro atoms. The van der Waals surface area contributed by atoms with Gasteiger partial charge in [-0.25, -0.2) is 14.5 Å². The number of halogens is 3. The average molecular weight is 587 g/mol. The summed E-state index contributed by atoms with van der Waals surface area (Å²) in [6.45, 7) is 1.46. The summed E-state index contributed by atoms with van der Waals surface area (Å²) in [6, 6.07) is 7.10. The van der Waals surface area contributed by atoms with Crippen LogP contribution in [0.25, 0.3) is 6.08 Å². The van der Waals surface area contributed by atoms with Gasteiger partial charge in [-0.1, -0.05) is 27.5 Å². The van der Waals surface area contributed by atoms with Gasteiger partial charge in [0.15, 0.2) is 12.4 Å². The van der Waals surface area contributed by atoms with Gasteiger partial charge in [0, 0.05) is 4.47 Å². The molecule has 3 rings (SSSR count). The molecule has 0 saturated carbocycles. The number of urea groups is 1. The molecule has 1 heterocycles. The summed E-state index contributed by atoms with van der Waals surface area (Å²) in [5, 5.41) is 2.30. The molecule has 8 nitrogen and oxygen atoms in total. The van der Waals surface area contributed by atoms with Crippen molar-refractivity contribution in [2.45, 2.75) is 6.92 Å². The van der Waals surface area contributed by atoms with Crippen molar-refractivity contribution in [1.82, 2.24) is 5.32 Å². The number of methoxy groups -OCH3 is 1.